The SMILES string of the molecule is O=Cc1cc(I)ccc1Cl. The van der Waals surface area contributed by atoms with Gasteiger partial charge in [-0.05, 0) is 40.8 Å². The van der Waals surface area contributed by atoms with Crippen LogP contribution in [-0.4, -0.2) is 6.29 Å². The average molecular weight is 266 g/mol. The van der Waals surface area contributed by atoms with E-state index in [-0.39, 0.29) is 0 Å². The van der Waals surface area contributed by atoms with Crippen molar-refractivity contribution in [2.45, 2.75) is 0 Å². The first kappa shape index (κ1) is 8.01. The van der Waals surface area contributed by atoms with Crippen LogP contribution in [0.4, 0.5) is 0 Å². The number of rotatable bonds is 1. The molecule has 0 heterocycles. The van der Waals surface area contributed by atoms with Gasteiger partial charge in [-0.25, -0.2) is 0 Å². The summed E-state index contributed by atoms with van der Waals surface area (Å²) in [5.74, 6) is 0. The number of halogens is 2. The monoisotopic (exact) mass is 266 g/mol. The van der Waals surface area contributed by atoms with Gasteiger partial charge in [0.25, 0.3) is 0 Å². The summed E-state index contributed by atoms with van der Waals surface area (Å²) < 4.78 is 1.02. The summed E-state index contributed by atoms with van der Waals surface area (Å²) in [6, 6.07) is 5.32. The van der Waals surface area contributed by atoms with E-state index in [1.807, 2.05) is 6.07 Å². The normalized spacial score (nSPS) is 9.40. The van der Waals surface area contributed by atoms with Crippen molar-refractivity contribution in [2.75, 3.05) is 0 Å². The van der Waals surface area contributed by atoms with Crippen LogP contribution in [0, 0.1) is 3.57 Å². The molecule has 1 aromatic rings. The molecule has 0 saturated carbocycles. The summed E-state index contributed by atoms with van der Waals surface area (Å²) >= 11 is 7.79. The molecule has 0 saturated heterocycles. The first-order valence-corrected chi connectivity index (χ1v) is 4.10. The van der Waals surface area contributed by atoms with E-state index in [0.29, 0.717) is 10.6 Å². The molecular formula is C7H4ClIO. The summed E-state index contributed by atoms with van der Waals surface area (Å²) in [5.41, 5.74) is 0.550. The minimum Gasteiger partial charge on any atom is -0.298 e. The Bertz CT molecular complexity index is 260. The number of benzene rings is 1. The Kier molecular flexibility index (Phi) is 2.68. The lowest BCUT2D eigenvalue weighted by atomic mass is 10.2. The van der Waals surface area contributed by atoms with Crippen molar-refractivity contribution in [3.8, 4) is 0 Å². The second kappa shape index (κ2) is 3.34. The third-order valence-corrected chi connectivity index (χ3v) is 2.10. The molecule has 0 aliphatic carbocycles. The van der Waals surface area contributed by atoms with Gasteiger partial charge in [0.15, 0.2) is 6.29 Å². The van der Waals surface area contributed by atoms with Crippen LogP contribution in [-0.2, 0) is 0 Å². The molecule has 10 heavy (non-hydrogen) atoms. The highest BCUT2D eigenvalue weighted by Gasteiger charge is 1.97. The molecule has 0 aliphatic rings. The minimum absolute atomic E-state index is 0.510. The summed E-state index contributed by atoms with van der Waals surface area (Å²) in [4.78, 5) is 10.3. The van der Waals surface area contributed by atoms with Crippen molar-refractivity contribution in [1.29, 1.82) is 0 Å². The highest BCUT2D eigenvalue weighted by atomic mass is 127. The summed E-state index contributed by atoms with van der Waals surface area (Å²) in [5, 5.41) is 0.510. The van der Waals surface area contributed by atoms with Crippen molar-refractivity contribution in [3.05, 3.63) is 32.4 Å². The second-order valence-corrected chi connectivity index (χ2v) is 3.44. The fourth-order valence-electron chi connectivity index (χ4n) is 0.605. The molecule has 0 spiro atoms. The van der Waals surface area contributed by atoms with Gasteiger partial charge in [0.05, 0.1) is 5.02 Å². The zero-order valence-electron chi connectivity index (χ0n) is 4.97. The van der Waals surface area contributed by atoms with Crippen molar-refractivity contribution >= 4 is 40.5 Å². The van der Waals surface area contributed by atoms with E-state index in [1.165, 1.54) is 0 Å². The van der Waals surface area contributed by atoms with Gasteiger partial charge in [-0.1, -0.05) is 11.6 Å². The Labute approximate surface area is 77.5 Å². The van der Waals surface area contributed by atoms with Gasteiger partial charge in [-0.3, -0.25) is 4.79 Å². The largest absolute Gasteiger partial charge is 0.298 e. The lowest BCUT2D eigenvalue weighted by Gasteiger charge is -1.94. The number of carbonyl (C=O) groups excluding carboxylic acids is 1. The van der Waals surface area contributed by atoms with E-state index in [4.69, 9.17) is 11.6 Å². The van der Waals surface area contributed by atoms with Gasteiger partial charge in [-0.15, -0.1) is 0 Å². The van der Waals surface area contributed by atoms with Gasteiger partial charge in [0.1, 0.15) is 0 Å². The Morgan fingerprint density at radius 1 is 1.50 bits per heavy atom. The third-order valence-electron chi connectivity index (χ3n) is 1.09. The second-order valence-electron chi connectivity index (χ2n) is 1.78. The highest BCUT2D eigenvalue weighted by molar-refractivity contribution is 14.1. The van der Waals surface area contributed by atoms with Crippen LogP contribution >= 0.6 is 34.2 Å². The Morgan fingerprint density at radius 2 is 2.20 bits per heavy atom. The van der Waals surface area contributed by atoms with E-state index in [9.17, 15) is 4.79 Å². The van der Waals surface area contributed by atoms with Crippen LogP contribution in [0.25, 0.3) is 0 Å². The molecular weight excluding hydrogens is 262 g/mol. The first-order valence-electron chi connectivity index (χ1n) is 2.64. The van der Waals surface area contributed by atoms with Gasteiger partial charge in [0, 0.05) is 9.13 Å². The first-order chi connectivity index (χ1) is 4.74. The van der Waals surface area contributed by atoms with E-state index in [0.717, 1.165) is 9.86 Å². The number of carbonyl (C=O) groups is 1. The van der Waals surface area contributed by atoms with Crippen molar-refractivity contribution in [3.63, 3.8) is 0 Å². The summed E-state index contributed by atoms with van der Waals surface area (Å²) in [7, 11) is 0. The van der Waals surface area contributed by atoms with Crippen molar-refractivity contribution in [2.24, 2.45) is 0 Å². The zero-order chi connectivity index (χ0) is 7.56. The molecule has 0 N–H and O–H groups in total. The number of hydrogen-bond donors (Lipinski definition) is 0. The number of aldehydes is 1. The molecule has 0 aromatic heterocycles. The van der Waals surface area contributed by atoms with Crippen molar-refractivity contribution in [1.82, 2.24) is 0 Å². The van der Waals surface area contributed by atoms with Gasteiger partial charge >= 0.3 is 0 Å². The van der Waals surface area contributed by atoms with Crippen molar-refractivity contribution < 1.29 is 4.79 Å². The predicted molar refractivity (Wildman–Crippen MR) is 49.6 cm³/mol. The fourth-order valence-corrected chi connectivity index (χ4v) is 1.28. The summed E-state index contributed by atoms with van der Waals surface area (Å²) in [6.07, 6.45) is 0.754. The zero-order valence-corrected chi connectivity index (χ0v) is 7.89. The van der Waals surface area contributed by atoms with Crippen LogP contribution in [0.3, 0.4) is 0 Å². The Morgan fingerprint density at radius 3 is 2.70 bits per heavy atom. The van der Waals surface area contributed by atoms with Gasteiger partial charge in [-0.2, -0.15) is 0 Å². The van der Waals surface area contributed by atoms with E-state index in [2.05, 4.69) is 22.6 Å². The minimum atomic E-state index is 0.510. The predicted octanol–water partition coefficient (Wildman–Crippen LogP) is 2.76. The van der Waals surface area contributed by atoms with Crippen LogP contribution in [0.15, 0.2) is 18.2 Å². The van der Waals surface area contributed by atoms with Crippen LogP contribution < -0.4 is 0 Å². The van der Waals surface area contributed by atoms with Crippen LogP contribution in [0.5, 0.6) is 0 Å². The molecule has 52 valence electrons. The average Bonchev–Trinajstić information content (AvgIpc) is 1.94. The van der Waals surface area contributed by atoms with Gasteiger partial charge in [0.2, 0.25) is 0 Å². The molecule has 0 fully saturated rings. The number of hydrogen-bond acceptors (Lipinski definition) is 1. The molecule has 0 bridgehead atoms. The third kappa shape index (κ3) is 1.70. The smallest absolute Gasteiger partial charge is 0.151 e. The lowest BCUT2D eigenvalue weighted by molar-refractivity contribution is 0.112. The maximum atomic E-state index is 10.3. The molecule has 0 radical (unpaired) electrons. The van der Waals surface area contributed by atoms with Gasteiger partial charge < -0.3 is 0 Å². The highest BCUT2D eigenvalue weighted by Crippen LogP contribution is 2.16. The standard InChI is InChI=1S/C7H4ClIO/c8-7-2-1-6(9)3-5(7)4-10/h1-4H. The summed E-state index contributed by atoms with van der Waals surface area (Å²) in [6.45, 7) is 0. The van der Waals surface area contributed by atoms with E-state index >= 15 is 0 Å². The molecule has 1 aromatic carbocycles. The Hall–Kier alpha value is -0.0900. The lowest BCUT2D eigenvalue weighted by Crippen LogP contribution is -1.81. The molecule has 0 atom stereocenters. The maximum absolute atomic E-state index is 10.3. The topological polar surface area (TPSA) is 17.1 Å². The molecule has 0 aliphatic heterocycles. The van der Waals surface area contributed by atoms with E-state index < -0.39 is 0 Å². The van der Waals surface area contributed by atoms with Crippen LogP contribution in [0.2, 0.25) is 5.02 Å². The molecule has 3 heteroatoms. The maximum Gasteiger partial charge on any atom is 0.151 e. The molecule has 1 rings (SSSR count). The Balaban J connectivity index is 3.21. The molecule has 0 amide bonds. The quantitative estimate of drug-likeness (QED) is 0.564. The van der Waals surface area contributed by atoms with E-state index in [1.54, 1.807) is 12.1 Å². The molecule has 0 unspecified atom stereocenters. The van der Waals surface area contributed by atoms with Crippen LogP contribution in [0.1, 0.15) is 10.4 Å². The molecule has 1 nitrogen and oxygen atoms in total. The fraction of sp³-hybridized carbons (Fsp3) is 0.